The van der Waals surface area contributed by atoms with Crippen molar-refractivity contribution in [3.05, 3.63) is 22.9 Å². The third-order valence-corrected chi connectivity index (χ3v) is 5.38. The van der Waals surface area contributed by atoms with Crippen LogP contribution >= 0.6 is 0 Å². The summed E-state index contributed by atoms with van der Waals surface area (Å²) in [5.41, 5.74) is 2.03. The van der Waals surface area contributed by atoms with Crippen LogP contribution in [0.4, 0.5) is 5.82 Å². The molecule has 0 bridgehead atoms. The average molecular weight is 312 g/mol. The second-order valence-electron chi connectivity index (χ2n) is 5.17. The smallest absolute Gasteiger partial charge is 0.339 e. The number of carbonyl (C=O) groups is 1. The predicted molar refractivity (Wildman–Crippen MR) is 80.7 cm³/mol. The molecule has 2 rings (SSSR count). The summed E-state index contributed by atoms with van der Waals surface area (Å²) in [7, 11) is -3.08. The molecule has 0 spiro atoms. The summed E-state index contributed by atoms with van der Waals surface area (Å²) in [6.45, 7) is 1.76. The van der Waals surface area contributed by atoms with E-state index in [-0.39, 0.29) is 29.4 Å². The largest absolute Gasteiger partial charge is 0.478 e. The Morgan fingerprint density at radius 1 is 1.38 bits per heavy atom. The Morgan fingerprint density at radius 3 is 2.76 bits per heavy atom. The number of carboxylic acids is 1. The highest BCUT2D eigenvalue weighted by Gasteiger charge is 2.19. The second-order valence-corrected chi connectivity index (χ2v) is 7.64. The summed E-state index contributed by atoms with van der Waals surface area (Å²) in [6, 6.07) is 1.67. The highest BCUT2D eigenvalue weighted by Crippen LogP contribution is 2.24. The van der Waals surface area contributed by atoms with Gasteiger partial charge in [-0.2, -0.15) is 0 Å². The van der Waals surface area contributed by atoms with Crippen molar-refractivity contribution in [3.63, 3.8) is 0 Å². The zero-order chi connectivity index (χ0) is 15.5. The number of aromatic carboxylic acids is 1. The minimum absolute atomic E-state index is 0.0265. The summed E-state index contributed by atoms with van der Waals surface area (Å²) >= 11 is 0. The number of nitrogens with zero attached hydrogens (tertiary/aromatic N) is 1. The highest BCUT2D eigenvalue weighted by atomic mass is 32.2. The summed E-state index contributed by atoms with van der Waals surface area (Å²) in [5.74, 6) is -0.717. The number of rotatable bonds is 6. The lowest BCUT2D eigenvalue weighted by Gasteiger charge is -2.18. The summed E-state index contributed by atoms with van der Waals surface area (Å²) in [6.07, 6.45) is 3.80. The third kappa shape index (κ3) is 3.93. The topological polar surface area (TPSA) is 96.4 Å². The monoisotopic (exact) mass is 312 g/mol. The quantitative estimate of drug-likeness (QED) is 0.826. The molecule has 2 N–H and O–H groups in total. The van der Waals surface area contributed by atoms with E-state index in [2.05, 4.69) is 10.3 Å². The average Bonchev–Trinajstić information content (AvgIpc) is 2.46. The number of nitrogens with one attached hydrogen (secondary N) is 1. The van der Waals surface area contributed by atoms with Crippen LogP contribution in [0.1, 0.15) is 41.4 Å². The van der Waals surface area contributed by atoms with Gasteiger partial charge in [0.15, 0.2) is 9.84 Å². The van der Waals surface area contributed by atoms with Gasteiger partial charge in [0, 0.05) is 18.0 Å². The van der Waals surface area contributed by atoms with Crippen molar-refractivity contribution in [2.75, 3.05) is 23.4 Å². The van der Waals surface area contributed by atoms with E-state index in [0.29, 0.717) is 0 Å². The van der Waals surface area contributed by atoms with Gasteiger partial charge < -0.3 is 10.4 Å². The van der Waals surface area contributed by atoms with E-state index in [0.717, 1.165) is 36.9 Å². The molecule has 0 saturated carbocycles. The molecule has 7 heteroatoms. The fourth-order valence-electron chi connectivity index (χ4n) is 2.40. The van der Waals surface area contributed by atoms with Crippen LogP contribution in [0, 0.1) is 0 Å². The molecule has 1 aromatic rings. The molecule has 0 fully saturated rings. The van der Waals surface area contributed by atoms with Gasteiger partial charge in [-0.15, -0.1) is 0 Å². The van der Waals surface area contributed by atoms with Crippen LogP contribution in [0.2, 0.25) is 0 Å². The Hall–Kier alpha value is -1.63. The standard InChI is InChI=1S/C14H20N2O4S/c1-2-21(19,20)8-7-15-13-11(14(17)18)9-10-5-3-4-6-12(10)16-13/h9H,2-8H2,1H3,(H,15,16)(H,17,18). The van der Waals surface area contributed by atoms with Crippen molar-refractivity contribution in [3.8, 4) is 0 Å². The fourth-order valence-corrected chi connectivity index (χ4v) is 3.10. The number of fused-ring (bicyclic) bond motifs is 1. The molecule has 0 radical (unpaired) electrons. The Bertz CT molecular complexity index is 641. The normalized spacial score (nSPS) is 14.5. The van der Waals surface area contributed by atoms with E-state index in [1.54, 1.807) is 13.0 Å². The minimum Gasteiger partial charge on any atom is -0.478 e. The highest BCUT2D eigenvalue weighted by molar-refractivity contribution is 7.91. The molecule has 0 unspecified atom stereocenters. The number of pyridine rings is 1. The van der Waals surface area contributed by atoms with Crippen molar-refractivity contribution in [2.24, 2.45) is 0 Å². The molecule has 1 heterocycles. The number of anilines is 1. The number of aromatic nitrogens is 1. The van der Waals surface area contributed by atoms with Crippen LogP contribution in [0.5, 0.6) is 0 Å². The maximum atomic E-state index is 11.5. The van der Waals surface area contributed by atoms with Crippen LogP contribution in [0.25, 0.3) is 0 Å². The van der Waals surface area contributed by atoms with E-state index in [1.165, 1.54) is 0 Å². The van der Waals surface area contributed by atoms with Crippen molar-refractivity contribution >= 4 is 21.6 Å². The van der Waals surface area contributed by atoms with Gasteiger partial charge in [0.25, 0.3) is 0 Å². The predicted octanol–water partition coefficient (Wildman–Crippen LogP) is 1.51. The van der Waals surface area contributed by atoms with Gasteiger partial charge in [-0.3, -0.25) is 0 Å². The van der Waals surface area contributed by atoms with E-state index in [1.807, 2.05) is 0 Å². The molecular weight excluding hydrogens is 292 g/mol. The van der Waals surface area contributed by atoms with E-state index in [9.17, 15) is 18.3 Å². The van der Waals surface area contributed by atoms with Crippen molar-refractivity contribution < 1.29 is 18.3 Å². The SMILES string of the molecule is CCS(=O)(=O)CCNc1nc2c(cc1C(=O)O)CCCC2. The maximum absolute atomic E-state index is 11.5. The second kappa shape index (κ2) is 6.43. The number of hydrogen-bond acceptors (Lipinski definition) is 5. The Labute approximate surface area is 124 Å². The van der Waals surface area contributed by atoms with Gasteiger partial charge in [-0.05, 0) is 37.3 Å². The van der Waals surface area contributed by atoms with Gasteiger partial charge >= 0.3 is 5.97 Å². The Balaban J connectivity index is 2.19. The third-order valence-electron chi connectivity index (χ3n) is 3.68. The van der Waals surface area contributed by atoms with Crippen molar-refractivity contribution in [1.29, 1.82) is 0 Å². The molecule has 1 aromatic heterocycles. The molecule has 6 nitrogen and oxygen atoms in total. The number of carboxylic acid groups (broad SMARTS) is 1. The maximum Gasteiger partial charge on any atom is 0.339 e. The zero-order valence-electron chi connectivity index (χ0n) is 12.1. The molecule has 21 heavy (non-hydrogen) atoms. The summed E-state index contributed by atoms with van der Waals surface area (Å²) < 4.78 is 22.9. The molecule has 0 aromatic carbocycles. The van der Waals surface area contributed by atoms with E-state index >= 15 is 0 Å². The van der Waals surface area contributed by atoms with E-state index < -0.39 is 15.8 Å². The lowest BCUT2D eigenvalue weighted by atomic mass is 9.95. The zero-order valence-corrected chi connectivity index (χ0v) is 12.9. The summed E-state index contributed by atoms with van der Waals surface area (Å²) in [4.78, 5) is 15.7. The molecule has 1 aliphatic rings. The van der Waals surface area contributed by atoms with Gasteiger partial charge in [-0.1, -0.05) is 6.92 Å². The molecule has 116 valence electrons. The molecule has 0 amide bonds. The molecule has 0 aliphatic heterocycles. The molecule has 1 aliphatic carbocycles. The fraction of sp³-hybridized carbons (Fsp3) is 0.571. The lowest BCUT2D eigenvalue weighted by molar-refractivity contribution is 0.0697. The van der Waals surface area contributed by atoms with Gasteiger partial charge in [0.2, 0.25) is 0 Å². The van der Waals surface area contributed by atoms with Crippen molar-refractivity contribution in [2.45, 2.75) is 32.6 Å². The van der Waals surface area contributed by atoms with Gasteiger partial charge in [-0.25, -0.2) is 18.2 Å². The number of aryl methyl sites for hydroxylation is 2. The molecular formula is C14H20N2O4S. The lowest BCUT2D eigenvalue weighted by Crippen LogP contribution is -2.20. The first-order chi connectivity index (χ1) is 9.93. The molecule has 0 atom stereocenters. The van der Waals surface area contributed by atoms with Crippen LogP contribution in [-0.4, -0.2) is 42.5 Å². The first-order valence-electron chi connectivity index (χ1n) is 7.13. The number of hydrogen-bond donors (Lipinski definition) is 2. The Kier molecular flexibility index (Phi) is 4.82. The van der Waals surface area contributed by atoms with Crippen LogP contribution < -0.4 is 5.32 Å². The van der Waals surface area contributed by atoms with Crippen LogP contribution in [0.3, 0.4) is 0 Å². The van der Waals surface area contributed by atoms with E-state index in [4.69, 9.17) is 0 Å². The summed E-state index contributed by atoms with van der Waals surface area (Å²) in [5, 5.41) is 12.1. The van der Waals surface area contributed by atoms with Crippen LogP contribution in [-0.2, 0) is 22.7 Å². The van der Waals surface area contributed by atoms with Gasteiger partial charge in [0.05, 0.1) is 5.75 Å². The van der Waals surface area contributed by atoms with Gasteiger partial charge in [0.1, 0.15) is 11.4 Å². The van der Waals surface area contributed by atoms with Crippen molar-refractivity contribution in [1.82, 2.24) is 4.98 Å². The first-order valence-corrected chi connectivity index (χ1v) is 8.95. The first kappa shape index (κ1) is 15.8. The molecule has 0 saturated heterocycles. The minimum atomic E-state index is -3.08. The van der Waals surface area contributed by atoms with Crippen LogP contribution in [0.15, 0.2) is 6.07 Å². The Morgan fingerprint density at radius 2 is 2.10 bits per heavy atom. The number of sulfone groups is 1.